The fourth-order valence-electron chi connectivity index (χ4n) is 4.35. The van der Waals surface area contributed by atoms with E-state index in [0.29, 0.717) is 18.1 Å². The van der Waals surface area contributed by atoms with Gasteiger partial charge in [-0.25, -0.2) is 0 Å². The molecule has 0 amide bonds. The van der Waals surface area contributed by atoms with Gasteiger partial charge < -0.3 is 9.15 Å². The van der Waals surface area contributed by atoms with Gasteiger partial charge in [0.05, 0.1) is 25.1 Å². The molecule has 2 saturated heterocycles. The molecule has 2 aliphatic rings. The van der Waals surface area contributed by atoms with Crippen molar-refractivity contribution in [3.8, 4) is 0 Å². The Morgan fingerprint density at radius 1 is 1.33 bits per heavy atom. The summed E-state index contributed by atoms with van der Waals surface area (Å²) in [4.78, 5) is 5.11. The smallest absolute Gasteiger partial charge is 0.117 e. The Morgan fingerprint density at radius 2 is 2.25 bits per heavy atom. The summed E-state index contributed by atoms with van der Waals surface area (Å²) in [6.07, 6.45) is 7.32. The lowest BCUT2D eigenvalue weighted by molar-refractivity contribution is -0.0245. The fraction of sp³-hybridized carbons (Fsp3) is 0.611. The van der Waals surface area contributed by atoms with E-state index in [9.17, 15) is 0 Å². The minimum absolute atomic E-state index is 0.363. The molecular formula is C18H26N4O2. The van der Waals surface area contributed by atoms with E-state index in [4.69, 9.17) is 9.15 Å². The summed E-state index contributed by atoms with van der Waals surface area (Å²) < 4.78 is 13.2. The lowest BCUT2D eigenvalue weighted by Gasteiger charge is -2.41. The number of fused-ring (bicyclic) bond motifs is 1. The topological polar surface area (TPSA) is 46.7 Å². The zero-order valence-corrected chi connectivity index (χ0v) is 14.5. The molecule has 2 aromatic rings. The van der Waals surface area contributed by atoms with Gasteiger partial charge in [-0.2, -0.15) is 5.10 Å². The molecule has 0 radical (unpaired) electrons. The number of hydrogen-bond acceptors (Lipinski definition) is 5. The van der Waals surface area contributed by atoms with Gasteiger partial charge in [0, 0.05) is 64.1 Å². The van der Waals surface area contributed by atoms with Gasteiger partial charge in [0.2, 0.25) is 0 Å². The molecule has 0 aromatic carbocycles. The van der Waals surface area contributed by atoms with Gasteiger partial charge >= 0.3 is 0 Å². The highest BCUT2D eigenvalue weighted by atomic mass is 16.5. The lowest BCUT2D eigenvalue weighted by Crippen LogP contribution is -2.50. The molecule has 0 saturated carbocycles. The first-order valence-electron chi connectivity index (χ1n) is 8.72. The third kappa shape index (κ3) is 3.14. The maximum Gasteiger partial charge on any atom is 0.117 e. The molecule has 4 rings (SSSR count). The van der Waals surface area contributed by atoms with Gasteiger partial charge in [0.15, 0.2) is 0 Å². The van der Waals surface area contributed by atoms with Gasteiger partial charge in [-0.05, 0) is 18.6 Å². The van der Waals surface area contributed by atoms with E-state index < -0.39 is 0 Å². The first-order valence-corrected chi connectivity index (χ1v) is 8.72. The second kappa shape index (κ2) is 6.70. The van der Waals surface area contributed by atoms with E-state index in [2.05, 4.69) is 27.2 Å². The van der Waals surface area contributed by atoms with E-state index in [0.717, 1.165) is 44.9 Å². The van der Waals surface area contributed by atoms with Crippen LogP contribution in [0, 0.1) is 5.92 Å². The van der Waals surface area contributed by atoms with Gasteiger partial charge in [-0.1, -0.05) is 0 Å². The summed E-state index contributed by atoms with van der Waals surface area (Å²) in [5.74, 6) is 1.61. The maximum absolute atomic E-state index is 5.80. The number of rotatable bonds is 5. The van der Waals surface area contributed by atoms with Crippen molar-refractivity contribution in [2.24, 2.45) is 13.0 Å². The van der Waals surface area contributed by atoms with Crippen molar-refractivity contribution >= 4 is 0 Å². The van der Waals surface area contributed by atoms with Gasteiger partial charge in [0.25, 0.3) is 0 Å². The molecule has 2 fully saturated rings. The monoisotopic (exact) mass is 330 g/mol. The largest absolute Gasteiger partial charge is 0.468 e. The van der Waals surface area contributed by atoms with Crippen LogP contribution in [0.25, 0.3) is 0 Å². The van der Waals surface area contributed by atoms with Gasteiger partial charge in [-0.3, -0.25) is 14.5 Å². The highest BCUT2D eigenvalue weighted by Gasteiger charge is 2.44. The molecule has 0 unspecified atom stereocenters. The zero-order valence-electron chi connectivity index (χ0n) is 14.5. The number of likely N-dealkylation sites (tertiary alicyclic amines) is 2. The lowest BCUT2D eigenvalue weighted by atomic mass is 9.89. The van der Waals surface area contributed by atoms with Crippen molar-refractivity contribution in [3.05, 3.63) is 42.1 Å². The van der Waals surface area contributed by atoms with Crippen LogP contribution in [0.2, 0.25) is 0 Å². The van der Waals surface area contributed by atoms with Crippen molar-refractivity contribution < 1.29 is 9.15 Å². The molecule has 0 bridgehead atoms. The summed E-state index contributed by atoms with van der Waals surface area (Å²) >= 11 is 0. The summed E-state index contributed by atoms with van der Waals surface area (Å²) in [5.41, 5.74) is 1.29. The normalized spacial score (nSPS) is 28.3. The van der Waals surface area contributed by atoms with Crippen LogP contribution in [-0.4, -0.2) is 58.5 Å². The number of aromatic nitrogens is 2. The quantitative estimate of drug-likeness (QED) is 0.836. The number of aryl methyl sites for hydroxylation is 1. The highest BCUT2D eigenvalue weighted by Crippen LogP contribution is 2.34. The Labute approximate surface area is 143 Å². The molecular weight excluding hydrogens is 304 g/mol. The van der Waals surface area contributed by atoms with Crippen LogP contribution < -0.4 is 0 Å². The van der Waals surface area contributed by atoms with E-state index in [1.165, 1.54) is 5.56 Å². The third-order valence-corrected chi connectivity index (χ3v) is 5.46. The first kappa shape index (κ1) is 15.9. The van der Waals surface area contributed by atoms with E-state index in [1.807, 2.05) is 31.1 Å². The highest BCUT2D eigenvalue weighted by molar-refractivity contribution is 5.07. The fourth-order valence-corrected chi connectivity index (χ4v) is 4.35. The molecule has 2 aromatic heterocycles. The molecule has 4 heterocycles. The standard InChI is InChI=1S/C18H26N4O2/c1-20-9-14(8-19-20)10-22-6-5-18(23-2)16-12-21(13-17(16)22)11-15-4-3-7-24-15/h3-4,7-9,16-18H,5-6,10-13H2,1-2H3/t16-,17+,18-/m0/s1. The SMILES string of the molecule is CO[C@H]1CCN(Cc2cnn(C)c2)[C@@H]2CN(Cc3ccco3)C[C@H]12. The Balaban J connectivity index is 1.47. The Kier molecular flexibility index (Phi) is 4.43. The summed E-state index contributed by atoms with van der Waals surface area (Å²) in [7, 11) is 3.83. The van der Waals surface area contributed by atoms with Gasteiger partial charge in [-0.15, -0.1) is 0 Å². The van der Waals surface area contributed by atoms with E-state index >= 15 is 0 Å². The number of piperidine rings is 1. The van der Waals surface area contributed by atoms with Crippen LogP contribution >= 0.6 is 0 Å². The second-order valence-electron chi connectivity index (χ2n) is 7.06. The van der Waals surface area contributed by atoms with E-state index in [-0.39, 0.29) is 0 Å². The zero-order chi connectivity index (χ0) is 16.5. The van der Waals surface area contributed by atoms with Crippen molar-refractivity contribution in [2.75, 3.05) is 26.7 Å². The molecule has 0 spiro atoms. The minimum Gasteiger partial charge on any atom is -0.468 e. The van der Waals surface area contributed by atoms with Crippen molar-refractivity contribution in [2.45, 2.75) is 31.7 Å². The first-order chi connectivity index (χ1) is 11.7. The van der Waals surface area contributed by atoms with Crippen LogP contribution in [0.5, 0.6) is 0 Å². The Hall–Kier alpha value is -1.63. The maximum atomic E-state index is 5.80. The number of ether oxygens (including phenoxy) is 1. The molecule has 3 atom stereocenters. The van der Waals surface area contributed by atoms with Crippen LogP contribution in [0.4, 0.5) is 0 Å². The molecule has 2 aliphatic heterocycles. The number of hydrogen-bond donors (Lipinski definition) is 0. The predicted molar refractivity (Wildman–Crippen MR) is 90.3 cm³/mol. The average molecular weight is 330 g/mol. The Bertz CT molecular complexity index is 654. The minimum atomic E-state index is 0.363. The number of furan rings is 1. The molecule has 24 heavy (non-hydrogen) atoms. The van der Waals surface area contributed by atoms with Crippen LogP contribution in [0.15, 0.2) is 35.2 Å². The van der Waals surface area contributed by atoms with Crippen molar-refractivity contribution in [1.29, 1.82) is 0 Å². The molecule has 0 aliphatic carbocycles. The number of nitrogens with zero attached hydrogens (tertiary/aromatic N) is 4. The predicted octanol–water partition coefficient (Wildman–Crippen LogP) is 1.73. The summed E-state index contributed by atoms with van der Waals surface area (Å²) in [6.45, 7) is 5.10. The average Bonchev–Trinajstić information content (AvgIpc) is 3.30. The number of methoxy groups -OCH3 is 1. The Morgan fingerprint density at radius 3 is 2.96 bits per heavy atom. The molecule has 6 nitrogen and oxygen atoms in total. The van der Waals surface area contributed by atoms with Crippen LogP contribution in [0.1, 0.15) is 17.7 Å². The molecule has 6 heteroatoms. The summed E-state index contributed by atoms with van der Waals surface area (Å²) in [6, 6.07) is 4.56. The molecule has 0 N–H and O–H groups in total. The second-order valence-corrected chi connectivity index (χ2v) is 7.06. The summed E-state index contributed by atoms with van der Waals surface area (Å²) in [5, 5.41) is 4.31. The van der Waals surface area contributed by atoms with Crippen molar-refractivity contribution in [1.82, 2.24) is 19.6 Å². The van der Waals surface area contributed by atoms with Crippen LogP contribution in [-0.2, 0) is 24.9 Å². The van der Waals surface area contributed by atoms with Crippen LogP contribution in [0.3, 0.4) is 0 Å². The van der Waals surface area contributed by atoms with Crippen molar-refractivity contribution in [3.63, 3.8) is 0 Å². The molecule has 130 valence electrons. The van der Waals surface area contributed by atoms with E-state index in [1.54, 1.807) is 6.26 Å². The van der Waals surface area contributed by atoms with Gasteiger partial charge in [0.1, 0.15) is 5.76 Å². The third-order valence-electron chi connectivity index (χ3n) is 5.46.